The topological polar surface area (TPSA) is 107 Å². The number of nitrogens with zero attached hydrogens (tertiary/aromatic N) is 1. The summed E-state index contributed by atoms with van der Waals surface area (Å²) in [6.45, 7) is 0. The summed E-state index contributed by atoms with van der Waals surface area (Å²) in [6.07, 6.45) is 2.09. The smallest absolute Gasteiger partial charge is 0.306 e. The van der Waals surface area contributed by atoms with E-state index in [2.05, 4.69) is 4.72 Å². The summed E-state index contributed by atoms with van der Waals surface area (Å²) in [5.41, 5.74) is 1.10. The molecule has 0 heterocycles. The molecule has 0 amide bonds. The molecule has 0 aromatic heterocycles. The third-order valence-corrected chi connectivity index (χ3v) is 5.27. The van der Waals surface area contributed by atoms with Gasteiger partial charge in [0.2, 0.25) is 10.0 Å². The lowest BCUT2D eigenvalue weighted by Crippen LogP contribution is -2.39. The number of nitriles is 1. The molecule has 2 N–H and O–H groups in total. The van der Waals surface area contributed by atoms with Gasteiger partial charge in [-0.2, -0.15) is 5.26 Å². The second-order valence-electron chi connectivity index (χ2n) is 5.57. The number of hydrogen-bond acceptors (Lipinski definition) is 4. The molecule has 0 bridgehead atoms. The largest absolute Gasteiger partial charge is 0.481 e. The van der Waals surface area contributed by atoms with Gasteiger partial charge in [0.25, 0.3) is 0 Å². The molecular formula is C15H18N2O4S. The second-order valence-corrected chi connectivity index (χ2v) is 7.33. The lowest BCUT2D eigenvalue weighted by Gasteiger charge is -2.26. The number of nitrogens with one attached hydrogen (secondary N) is 1. The van der Waals surface area contributed by atoms with Gasteiger partial charge in [0, 0.05) is 6.04 Å². The highest BCUT2D eigenvalue weighted by molar-refractivity contribution is 7.88. The van der Waals surface area contributed by atoms with Crippen molar-refractivity contribution in [2.24, 2.45) is 5.92 Å². The molecule has 1 saturated carbocycles. The maximum atomic E-state index is 12.1. The van der Waals surface area contributed by atoms with Crippen molar-refractivity contribution in [1.29, 1.82) is 5.26 Å². The van der Waals surface area contributed by atoms with Crippen molar-refractivity contribution in [3.63, 3.8) is 0 Å². The zero-order valence-corrected chi connectivity index (χ0v) is 12.8. The van der Waals surface area contributed by atoms with Gasteiger partial charge in [-0.1, -0.05) is 12.1 Å². The van der Waals surface area contributed by atoms with Crippen LogP contribution in [0.5, 0.6) is 0 Å². The third-order valence-electron chi connectivity index (χ3n) is 3.86. The van der Waals surface area contributed by atoms with Crippen LogP contribution in [0, 0.1) is 17.2 Å². The molecule has 22 heavy (non-hydrogen) atoms. The molecular weight excluding hydrogens is 304 g/mol. The van der Waals surface area contributed by atoms with Gasteiger partial charge in [-0.25, -0.2) is 13.1 Å². The minimum absolute atomic E-state index is 0.141. The number of benzene rings is 1. The Morgan fingerprint density at radius 1 is 1.23 bits per heavy atom. The summed E-state index contributed by atoms with van der Waals surface area (Å²) >= 11 is 0. The Morgan fingerprint density at radius 2 is 1.82 bits per heavy atom. The summed E-state index contributed by atoms with van der Waals surface area (Å²) in [5, 5.41) is 17.6. The average Bonchev–Trinajstić information content (AvgIpc) is 2.47. The lowest BCUT2D eigenvalue weighted by atomic mass is 9.87. The van der Waals surface area contributed by atoms with E-state index in [0.29, 0.717) is 36.8 Å². The highest BCUT2D eigenvalue weighted by Crippen LogP contribution is 2.25. The van der Waals surface area contributed by atoms with E-state index in [-0.39, 0.29) is 17.7 Å². The Hall–Kier alpha value is -1.91. The van der Waals surface area contributed by atoms with Gasteiger partial charge in [0.15, 0.2) is 0 Å². The zero-order chi connectivity index (χ0) is 16.2. The normalized spacial score (nSPS) is 22.0. The maximum Gasteiger partial charge on any atom is 0.306 e. The molecule has 2 rings (SSSR count). The molecule has 0 atom stereocenters. The van der Waals surface area contributed by atoms with Crippen molar-refractivity contribution < 1.29 is 18.3 Å². The Balaban J connectivity index is 1.91. The first-order chi connectivity index (χ1) is 10.4. The number of carboxylic acids is 1. The van der Waals surface area contributed by atoms with Gasteiger partial charge in [0.1, 0.15) is 0 Å². The number of carbonyl (C=O) groups is 1. The number of sulfonamides is 1. The first-order valence-corrected chi connectivity index (χ1v) is 8.76. The standard InChI is InChI=1S/C15H18N2O4S/c16-9-11-1-3-12(4-2-11)10-22(20,21)17-14-7-5-13(6-8-14)15(18)19/h1-4,13-14,17H,5-8,10H2,(H,18,19). The molecule has 1 aromatic rings. The monoisotopic (exact) mass is 322 g/mol. The zero-order valence-electron chi connectivity index (χ0n) is 12.0. The SMILES string of the molecule is N#Cc1ccc(CS(=O)(=O)NC2CCC(C(=O)O)CC2)cc1. The number of rotatable bonds is 5. The highest BCUT2D eigenvalue weighted by Gasteiger charge is 2.28. The summed E-state index contributed by atoms with van der Waals surface area (Å²) in [7, 11) is -3.47. The molecule has 0 unspecified atom stereocenters. The Bertz CT molecular complexity index is 668. The first kappa shape index (κ1) is 16.5. The van der Waals surface area contributed by atoms with Crippen LogP contribution in [0.2, 0.25) is 0 Å². The van der Waals surface area contributed by atoms with Gasteiger partial charge in [-0.05, 0) is 43.4 Å². The van der Waals surface area contributed by atoms with E-state index in [1.165, 1.54) is 0 Å². The van der Waals surface area contributed by atoms with E-state index in [1.54, 1.807) is 24.3 Å². The van der Waals surface area contributed by atoms with Crippen LogP contribution in [0.4, 0.5) is 0 Å². The van der Waals surface area contributed by atoms with Crippen LogP contribution in [0.15, 0.2) is 24.3 Å². The lowest BCUT2D eigenvalue weighted by molar-refractivity contribution is -0.142. The molecule has 0 radical (unpaired) electrons. The van der Waals surface area contributed by atoms with E-state index in [9.17, 15) is 13.2 Å². The first-order valence-electron chi connectivity index (χ1n) is 7.11. The number of carboxylic acid groups (broad SMARTS) is 1. The van der Waals surface area contributed by atoms with Crippen LogP contribution >= 0.6 is 0 Å². The Labute approximate surface area is 129 Å². The van der Waals surface area contributed by atoms with Crippen molar-refractivity contribution in [1.82, 2.24) is 4.72 Å². The maximum absolute atomic E-state index is 12.1. The van der Waals surface area contributed by atoms with Gasteiger partial charge in [0.05, 0.1) is 23.3 Å². The quantitative estimate of drug-likeness (QED) is 0.856. The van der Waals surface area contributed by atoms with Crippen molar-refractivity contribution in [2.75, 3.05) is 0 Å². The van der Waals surface area contributed by atoms with E-state index < -0.39 is 16.0 Å². The molecule has 118 valence electrons. The summed E-state index contributed by atoms with van der Waals surface area (Å²) in [4.78, 5) is 10.9. The molecule has 7 heteroatoms. The van der Waals surface area contributed by atoms with Crippen LogP contribution in [0.3, 0.4) is 0 Å². The summed E-state index contributed by atoms with van der Waals surface area (Å²) in [6, 6.07) is 8.21. The Kier molecular flexibility index (Phi) is 5.16. The van der Waals surface area contributed by atoms with Crippen molar-refractivity contribution in [2.45, 2.75) is 37.5 Å². The average molecular weight is 322 g/mol. The van der Waals surface area contributed by atoms with Crippen LogP contribution < -0.4 is 4.72 Å². The van der Waals surface area contributed by atoms with E-state index in [0.717, 1.165) is 0 Å². The van der Waals surface area contributed by atoms with Gasteiger partial charge >= 0.3 is 5.97 Å². The predicted octanol–water partition coefficient (Wildman–Crippen LogP) is 1.62. The Morgan fingerprint density at radius 3 is 2.32 bits per heavy atom. The van der Waals surface area contributed by atoms with Crippen LogP contribution in [-0.2, 0) is 20.6 Å². The molecule has 1 fully saturated rings. The van der Waals surface area contributed by atoms with Crippen LogP contribution in [-0.4, -0.2) is 25.5 Å². The number of aliphatic carboxylic acids is 1. The molecule has 1 aromatic carbocycles. The molecule has 0 spiro atoms. The second kappa shape index (κ2) is 6.90. The van der Waals surface area contributed by atoms with Crippen LogP contribution in [0.25, 0.3) is 0 Å². The summed E-state index contributed by atoms with van der Waals surface area (Å²) in [5.74, 6) is -1.31. The van der Waals surface area contributed by atoms with Crippen molar-refractivity contribution in [3.8, 4) is 6.07 Å². The fourth-order valence-electron chi connectivity index (χ4n) is 2.65. The molecule has 1 aliphatic carbocycles. The fraction of sp³-hybridized carbons (Fsp3) is 0.467. The highest BCUT2D eigenvalue weighted by atomic mass is 32.2. The molecule has 6 nitrogen and oxygen atoms in total. The van der Waals surface area contributed by atoms with Crippen molar-refractivity contribution in [3.05, 3.63) is 35.4 Å². The minimum Gasteiger partial charge on any atom is -0.481 e. The van der Waals surface area contributed by atoms with Gasteiger partial charge in [-0.3, -0.25) is 4.79 Å². The van der Waals surface area contributed by atoms with E-state index >= 15 is 0 Å². The molecule has 0 saturated heterocycles. The fourth-order valence-corrected chi connectivity index (χ4v) is 4.11. The van der Waals surface area contributed by atoms with Gasteiger partial charge < -0.3 is 5.11 Å². The van der Waals surface area contributed by atoms with E-state index in [4.69, 9.17) is 10.4 Å². The molecule has 1 aliphatic rings. The number of hydrogen-bond donors (Lipinski definition) is 2. The van der Waals surface area contributed by atoms with E-state index in [1.807, 2.05) is 6.07 Å². The van der Waals surface area contributed by atoms with Gasteiger partial charge in [-0.15, -0.1) is 0 Å². The minimum atomic E-state index is -3.47. The van der Waals surface area contributed by atoms with Crippen LogP contribution in [0.1, 0.15) is 36.8 Å². The third kappa shape index (κ3) is 4.55. The molecule has 0 aliphatic heterocycles. The predicted molar refractivity (Wildman–Crippen MR) is 80.3 cm³/mol. The van der Waals surface area contributed by atoms with Crippen molar-refractivity contribution >= 4 is 16.0 Å². The summed E-state index contributed by atoms with van der Waals surface area (Å²) < 4.78 is 26.9.